The average Bonchev–Trinajstić information content (AvgIpc) is 3.41. The molecule has 0 bridgehead atoms. The molecule has 4 rings (SSSR count). The number of carbonyl (C=O) groups excluding carboxylic acids is 2. The molecule has 1 atom stereocenters. The lowest BCUT2D eigenvalue weighted by Gasteiger charge is -2.25. The van der Waals surface area contributed by atoms with Gasteiger partial charge in [0.15, 0.2) is 0 Å². The number of ketones is 1. The van der Waals surface area contributed by atoms with E-state index in [0.717, 1.165) is 0 Å². The van der Waals surface area contributed by atoms with Gasteiger partial charge in [0.05, 0.1) is 30.6 Å². The Morgan fingerprint density at radius 1 is 1.12 bits per heavy atom. The molecule has 8 nitrogen and oxygen atoms in total. The fourth-order valence-electron chi connectivity index (χ4n) is 3.86. The first-order chi connectivity index (χ1) is 15.5. The summed E-state index contributed by atoms with van der Waals surface area (Å²) in [5.41, 5.74) is 0.907. The van der Waals surface area contributed by atoms with Crippen LogP contribution in [0.15, 0.2) is 67.0 Å². The van der Waals surface area contributed by atoms with Crippen LogP contribution < -0.4 is 4.74 Å². The van der Waals surface area contributed by atoms with Crippen LogP contribution >= 0.6 is 11.6 Å². The molecule has 1 amide bonds. The standard InChI is InChI=1S/C23H21ClN4O4/c1-32-18-4-3-16(24)13-17(18)21(29)19-20(15-5-7-25-8-6-15)28(23(31)22(19)30)11-2-10-27-12-9-26-14-27/h3-9,12-14,20,29H,2,10-11H2,1H3. The van der Waals surface area contributed by atoms with Crippen molar-refractivity contribution in [1.29, 1.82) is 0 Å². The largest absolute Gasteiger partial charge is 0.507 e. The van der Waals surface area contributed by atoms with Crippen molar-refractivity contribution in [2.75, 3.05) is 13.7 Å². The van der Waals surface area contributed by atoms with Gasteiger partial charge < -0.3 is 19.3 Å². The van der Waals surface area contributed by atoms with E-state index < -0.39 is 17.7 Å². The highest BCUT2D eigenvalue weighted by molar-refractivity contribution is 6.46. The lowest BCUT2D eigenvalue weighted by molar-refractivity contribution is -0.139. The van der Waals surface area contributed by atoms with Crippen LogP contribution in [0.4, 0.5) is 0 Å². The Morgan fingerprint density at radius 2 is 1.91 bits per heavy atom. The Labute approximate surface area is 189 Å². The Balaban J connectivity index is 1.76. The minimum atomic E-state index is -0.760. The van der Waals surface area contributed by atoms with Crippen LogP contribution in [0, 0.1) is 0 Å². The number of ether oxygens (including phenoxy) is 1. The van der Waals surface area contributed by atoms with Crippen molar-refractivity contribution in [1.82, 2.24) is 19.4 Å². The van der Waals surface area contributed by atoms with E-state index in [9.17, 15) is 14.7 Å². The Morgan fingerprint density at radius 3 is 2.59 bits per heavy atom. The van der Waals surface area contributed by atoms with Gasteiger partial charge in [0.2, 0.25) is 0 Å². The second-order valence-electron chi connectivity index (χ2n) is 7.27. The number of methoxy groups -OCH3 is 1. The maximum absolute atomic E-state index is 13.1. The SMILES string of the molecule is COc1ccc(Cl)cc1C(O)=C1C(=O)C(=O)N(CCCn2ccnc2)C1c1ccncc1. The predicted molar refractivity (Wildman–Crippen MR) is 118 cm³/mol. The van der Waals surface area contributed by atoms with Crippen molar-refractivity contribution in [3.05, 3.63) is 83.2 Å². The van der Waals surface area contributed by atoms with Crippen LogP contribution in [0.3, 0.4) is 0 Å². The number of aliphatic hydroxyl groups is 1. The van der Waals surface area contributed by atoms with E-state index in [2.05, 4.69) is 9.97 Å². The van der Waals surface area contributed by atoms with E-state index >= 15 is 0 Å². The molecule has 1 fully saturated rings. The summed E-state index contributed by atoms with van der Waals surface area (Å²) in [6.45, 7) is 0.952. The average molecular weight is 453 g/mol. The number of hydrogen-bond acceptors (Lipinski definition) is 6. The summed E-state index contributed by atoms with van der Waals surface area (Å²) in [7, 11) is 1.45. The van der Waals surface area contributed by atoms with Crippen LogP contribution in [0.25, 0.3) is 5.76 Å². The highest BCUT2D eigenvalue weighted by atomic mass is 35.5. The van der Waals surface area contributed by atoms with Gasteiger partial charge in [-0.05, 0) is 42.3 Å². The van der Waals surface area contributed by atoms with Gasteiger partial charge >= 0.3 is 0 Å². The zero-order chi connectivity index (χ0) is 22.7. The number of pyridine rings is 1. The van der Waals surface area contributed by atoms with E-state index in [4.69, 9.17) is 16.3 Å². The molecule has 1 saturated heterocycles. The highest BCUT2D eigenvalue weighted by Crippen LogP contribution is 2.41. The number of imidazole rings is 1. The minimum absolute atomic E-state index is 0.00982. The number of nitrogens with zero attached hydrogens (tertiary/aromatic N) is 4. The monoisotopic (exact) mass is 452 g/mol. The normalized spacial score (nSPS) is 17.7. The fraction of sp³-hybridized carbons (Fsp3) is 0.217. The second-order valence-corrected chi connectivity index (χ2v) is 7.71. The molecule has 1 aromatic carbocycles. The first-order valence-electron chi connectivity index (χ1n) is 9.99. The molecule has 0 saturated carbocycles. The van der Waals surface area contributed by atoms with Gasteiger partial charge in [-0.3, -0.25) is 14.6 Å². The van der Waals surface area contributed by atoms with E-state index in [0.29, 0.717) is 35.8 Å². The van der Waals surface area contributed by atoms with Crippen LogP contribution in [0.1, 0.15) is 23.6 Å². The molecule has 2 aromatic heterocycles. The third-order valence-corrected chi connectivity index (χ3v) is 5.59. The molecule has 1 aliphatic rings. The summed E-state index contributed by atoms with van der Waals surface area (Å²) >= 11 is 6.12. The molecular formula is C23H21ClN4O4. The molecular weight excluding hydrogens is 432 g/mol. The lowest BCUT2D eigenvalue weighted by Crippen LogP contribution is -2.31. The Hall–Kier alpha value is -3.65. The van der Waals surface area contributed by atoms with Crippen LogP contribution in [-0.4, -0.2) is 49.9 Å². The lowest BCUT2D eigenvalue weighted by atomic mass is 9.95. The quantitative estimate of drug-likeness (QED) is 0.335. The smallest absolute Gasteiger partial charge is 0.295 e. The fourth-order valence-corrected chi connectivity index (χ4v) is 4.03. The summed E-state index contributed by atoms with van der Waals surface area (Å²) < 4.78 is 7.23. The number of amides is 1. The molecule has 3 heterocycles. The number of hydrogen-bond donors (Lipinski definition) is 1. The zero-order valence-corrected chi connectivity index (χ0v) is 18.1. The van der Waals surface area contributed by atoms with Gasteiger partial charge in [-0.1, -0.05) is 11.6 Å². The van der Waals surface area contributed by atoms with E-state index in [1.165, 1.54) is 18.1 Å². The molecule has 0 spiro atoms. The zero-order valence-electron chi connectivity index (χ0n) is 17.3. The highest BCUT2D eigenvalue weighted by Gasteiger charge is 2.46. The van der Waals surface area contributed by atoms with Crippen LogP contribution in [0.2, 0.25) is 5.02 Å². The summed E-state index contributed by atoms with van der Waals surface area (Å²) in [5, 5.41) is 11.5. The molecule has 1 aliphatic heterocycles. The Bertz CT molecular complexity index is 1160. The maximum atomic E-state index is 13.1. The van der Waals surface area contributed by atoms with E-state index in [1.807, 2.05) is 10.8 Å². The van der Waals surface area contributed by atoms with Crippen molar-refractivity contribution >= 4 is 29.1 Å². The first-order valence-corrected chi connectivity index (χ1v) is 10.4. The predicted octanol–water partition coefficient (Wildman–Crippen LogP) is 3.45. The number of carbonyl (C=O) groups is 2. The summed E-state index contributed by atoms with van der Waals surface area (Å²) in [6, 6.07) is 7.41. The van der Waals surface area contributed by atoms with Gasteiger partial charge in [-0.15, -0.1) is 0 Å². The number of Topliss-reactive ketones (excluding diaryl/α,β-unsaturated/α-hetero) is 1. The van der Waals surface area contributed by atoms with Gasteiger partial charge in [0, 0.05) is 42.9 Å². The number of benzene rings is 1. The molecule has 32 heavy (non-hydrogen) atoms. The van der Waals surface area contributed by atoms with Crippen molar-refractivity contribution in [2.24, 2.45) is 0 Å². The van der Waals surface area contributed by atoms with E-state index in [1.54, 1.807) is 49.2 Å². The summed E-state index contributed by atoms with van der Waals surface area (Å²) in [6.07, 6.45) is 8.98. The van der Waals surface area contributed by atoms with Crippen LogP contribution in [-0.2, 0) is 16.1 Å². The molecule has 0 aliphatic carbocycles. The van der Waals surface area contributed by atoms with Gasteiger partial charge in [-0.2, -0.15) is 0 Å². The number of rotatable bonds is 7. The number of aromatic nitrogens is 3. The molecule has 3 aromatic rings. The number of aliphatic hydroxyl groups excluding tert-OH is 1. The molecule has 9 heteroatoms. The number of aryl methyl sites for hydroxylation is 1. The topological polar surface area (TPSA) is 97.6 Å². The van der Waals surface area contributed by atoms with Crippen molar-refractivity contribution in [3.8, 4) is 5.75 Å². The third kappa shape index (κ3) is 4.09. The first kappa shape index (κ1) is 21.6. The Kier molecular flexibility index (Phi) is 6.23. The van der Waals surface area contributed by atoms with Crippen LogP contribution in [0.5, 0.6) is 5.75 Å². The maximum Gasteiger partial charge on any atom is 0.295 e. The van der Waals surface area contributed by atoms with Crippen molar-refractivity contribution in [3.63, 3.8) is 0 Å². The van der Waals surface area contributed by atoms with Crippen molar-refractivity contribution < 1.29 is 19.4 Å². The molecule has 164 valence electrons. The third-order valence-electron chi connectivity index (χ3n) is 5.35. The second kappa shape index (κ2) is 9.23. The van der Waals surface area contributed by atoms with Gasteiger partial charge in [0.25, 0.3) is 11.7 Å². The number of halogens is 1. The molecule has 1 N–H and O–H groups in total. The minimum Gasteiger partial charge on any atom is -0.507 e. The summed E-state index contributed by atoms with van der Waals surface area (Å²) in [4.78, 5) is 35.6. The van der Waals surface area contributed by atoms with Crippen molar-refractivity contribution in [2.45, 2.75) is 19.0 Å². The van der Waals surface area contributed by atoms with E-state index in [-0.39, 0.29) is 16.9 Å². The molecule has 0 radical (unpaired) electrons. The number of likely N-dealkylation sites (tertiary alicyclic amines) is 1. The molecule has 1 unspecified atom stereocenters. The van der Waals surface area contributed by atoms with Gasteiger partial charge in [-0.25, -0.2) is 4.98 Å². The summed E-state index contributed by atoms with van der Waals surface area (Å²) in [5.74, 6) is -1.41. The van der Waals surface area contributed by atoms with Gasteiger partial charge in [0.1, 0.15) is 11.5 Å².